The van der Waals surface area contributed by atoms with Crippen LogP contribution in [0.3, 0.4) is 0 Å². The minimum absolute atomic E-state index is 0.0443. The number of likely N-dealkylation sites (tertiary alicyclic amines) is 1. The predicted molar refractivity (Wildman–Crippen MR) is 94.0 cm³/mol. The zero-order valence-corrected chi connectivity index (χ0v) is 15.3. The maximum atomic E-state index is 12.2. The van der Waals surface area contributed by atoms with Crippen LogP contribution in [-0.4, -0.2) is 45.6 Å². The number of aryl methyl sites for hydroxylation is 3. The molecular weight excluding hydrogens is 318 g/mol. The fraction of sp³-hybridized carbons (Fsp3) is 0.611. The number of nitrogens with one attached hydrogen (secondary N) is 2. The van der Waals surface area contributed by atoms with Gasteiger partial charge in [0.1, 0.15) is 11.6 Å². The van der Waals surface area contributed by atoms with Crippen molar-refractivity contribution in [2.24, 2.45) is 5.92 Å². The van der Waals surface area contributed by atoms with Crippen LogP contribution in [0.2, 0.25) is 0 Å². The molecule has 0 atom stereocenters. The second-order valence-electron chi connectivity index (χ2n) is 7.02. The molecule has 1 fully saturated rings. The average Bonchev–Trinajstić information content (AvgIpc) is 3.14. The van der Waals surface area contributed by atoms with Crippen molar-refractivity contribution in [2.75, 3.05) is 19.6 Å². The second kappa shape index (κ2) is 7.82. The summed E-state index contributed by atoms with van der Waals surface area (Å²) in [4.78, 5) is 22.2. The first-order chi connectivity index (χ1) is 12.0. The van der Waals surface area contributed by atoms with E-state index in [9.17, 15) is 4.79 Å². The number of rotatable bonds is 6. The van der Waals surface area contributed by atoms with Gasteiger partial charge >= 0.3 is 0 Å². The first-order valence-electron chi connectivity index (χ1n) is 8.92. The Balaban J connectivity index is 1.38. The van der Waals surface area contributed by atoms with Crippen molar-refractivity contribution in [1.29, 1.82) is 0 Å². The molecule has 0 saturated carbocycles. The summed E-state index contributed by atoms with van der Waals surface area (Å²) < 4.78 is 5.11. The molecular formula is C18H27N5O2. The van der Waals surface area contributed by atoms with Crippen LogP contribution < -0.4 is 5.32 Å². The monoisotopic (exact) mass is 345 g/mol. The van der Waals surface area contributed by atoms with E-state index >= 15 is 0 Å². The minimum atomic E-state index is 0.0443. The number of aromatic nitrogens is 3. The lowest BCUT2D eigenvalue weighted by atomic mass is 9.96. The quantitative estimate of drug-likeness (QED) is 0.835. The number of piperidine rings is 1. The molecule has 1 saturated heterocycles. The Bertz CT molecular complexity index is 693. The molecule has 7 heteroatoms. The molecule has 0 unspecified atom stereocenters. The Morgan fingerprint density at radius 1 is 1.36 bits per heavy atom. The van der Waals surface area contributed by atoms with Crippen LogP contribution in [0.1, 0.15) is 41.4 Å². The van der Waals surface area contributed by atoms with E-state index in [1.807, 2.05) is 27.0 Å². The van der Waals surface area contributed by atoms with Crippen LogP contribution in [-0.2, 0) is 17.8 Å². The molecule has 0 bridgehead atoms. The SMILES string of the molecule is Cc1cnc(CN2CCC(CNC(=O)Cc3c(C)noc3C)CC2)[nH]1. The molecule has 25 heavy (non-hydrogen) atoms. The van der Waals surface area contributed by atoms with Crippen LogP contribution in [0, 0.1) is 26.7 Å². The van der Waals surface area contributed by atoms with Crippen LogP contribution in [0.5, 0.6) is 0 Å². The highest BCUT2D eigenvalue weighted by Gasteiger charge is 2.21. The van der Waals surface area contributed by atoms with E-state index in [-0.39, 0.29) is 5.91 Å². The zero-order valence-electron chi connectivity index (χ0n) is 15.3. The van der Waals surface area contributed by atoms with Crippen molar-refractivity contribution >= 4 is 5.91 Å². The van der Waals surface area contributed by atoms with Gasteiger partial charge in [0.05, 0.1) is 18.7 Å². The molecule has 1 aliphatic rings. The van der Waals surface area contributed by atoms with Gasteiger partial charge in [-0.3, -0.25) is 9.69 Å². The molecule has 2 N–H and O–H groups in total. The van der Waals surface area contributed by atoms with Gasteiger partial charge in [0.25, 0.3) is 0 Å². The van der Waals surface area contributed by atoms with E-state index < -0.39 is 0 Å². The number of hydrogen-bond donors (Lipinski definition) is 2. The van der Waals surface area contributed by atoms with E-state index in [0.717, 1.165) is 67.6 Å². The summed E-state index contributed by atoms with van der Waals surface area (Å²) >= 11 is 0. The number of amides is 1. The largest absolute Gasteiger partial charge is 0.361 e. The van der Waals surface area contributed by atoms with E-state index in [2.05, 4.69) is 25.3 Å². The van der Waals surface area contributed by atoms with Crippen LogP contribution in [0.15, 0.2) is 10.7 Å². The van der Waals surface area contributed by atoms with Gasteiger partial charge in [-0.1, -0.05) is 5.16 Å². The standard InChI is InChI=1S/C18H27N5O2/c1-12-9-19-17(21-12)11-23-6-4-15(5-7-23)10-20-18(24)8-16-13(2)22-25-14(16)3/h9,15H,4-8,10-11H2,1-3H3,(H,19,21)(H,20,24). The smallest absolute Gasteiger partial charge is 0.224 e. The van der Waals surface area contributed by atoms with Crippen molar-refractivity contribution < 1.29 is 9.32 Å². The highest BCUT2D eigenvalue weighted by Crippen LogP contribution is 2.18. The Labute approximate surface area is 148 Å². The van der Waals surface area contributed by atoms with Crippen LogP contribution >= 0.6 is 0 Å². The van der Waals surface area contributed by atoms with Gasteiger partial charge in [0, 0.05) is 24.0 Å². The lowest BCUT2D eigenvalue weighted by molar-refractivity contribution is -0.120. The van der Waals surface area contributed by atoms with Gasteiger partial charge in [0.15, 0.2) is 0 Å². The summed E-state index contributed by atoms with van der Waals surface area (Å²) in [6.45, 7) is 9.45. The third-order valence-corrected chi connectivity index (χ3v) is 4.94. The Hall–Kier alpha value is -2.15. The summed E-state index contributed by atoms with van der Waals surface area (Å²) in [6, 6.07) is 0. The van der Waals surface area contributed by atoms with Gasteiger partial charge < -0.3 is 14.8 Å². The molecule has 3 heterocycles. The fourth-order valence-electron chi connectivity index (χ4n) is 3.34. The summed E-state index contributed by atoms with van der Waals surface area (Å²) in [5.74, 6) is 2.35. The summed E-state index contributed by atoms with van der Waals surface area (Å²) in [5, 5.41) is 6.96. The molecule has 1 aliphatic heterocycles. The second-order valence-corrected chi connectivity index (χ2v) is 7.02. The van der Waals surface area contributed by atoms with Gasteiger partial charge in [0.2, 0.25) is 5.91 Å². The molecule has 2 aromatic heterocycles. The number of imidazole rings is 1. The topological polar surface area (TPSA) is 87.1 Å². The third kappa shape index (κ3) is 4.69. The predicted octanol–water partition coefficient (Wildman–Crippen LogP) is 1.89. The summed E-state index contributed by atoms with van der Waals surface area (Å²) in [6.07, 6.45) is 4.42. The molecule has 1 amide bonds. The zero-order chi connectivity index (χ0) is 17.8. The number of H-pyrrole nitrogens is 1. The van der Waals surface area contributed by atoms with Gasteiger partial charge in [-0.15, -0.1) is 0 Å². The van der Waals surface area contributed by atoms with E-state index in [1.54, 1.807) is 0 Å². The molecule has 136 valence electrons. The van der Waals surface area contributed by atoms with Gasteiger partial charge in [-0.2, -0.15) is 0 Å². The molecule has 0 radical (unpaired) electrons. The maximum absolute atomic E-state index is 12.2. The molecule has 3 rings (SSSR count). The third-order valence-electron chi connectivity index (χ3n) is 4.94. The minimum Gasteiger partial charge on any atom is -0.361 e. The Morgan fingerprint density at radius 2 is 2.12 bits per heavy atom. The highest BCUT2D eigenvalue weighted by molar-refractivity contribution is 5.78. The molecule has 0 aromatic carbocycles. The molecule has 0 spiro atoms. The first-order valence-corrected chi connectivity index (χ1v) is 8.92. The summed E-state index contributed by atoms with van der Waals surface area (Å²) in [7, 11) is 0. The number of nitrogens with zero attached hydrogens (tertiary/aromatic N) is 3. The van der Waals surface area contributed by atoms with Crippen molar-refractivity contribution in [1.82, 2.24) is 25.3 Å². The van der Waals surface area contributed by atoms with Gasteiger partial charge in [-0.05, 0) is 52.6 Å². The Morgan fingerprint density at radius 3 is 2.72 bits per heavy atom. The normalized spacial score (nSPS) is 16.3. The van der Waals surface area contributed by atoms with Crippen LogP contribution in [0.4, 0.5) is 0 Å². The highest BCUT2D eigenvalue weighted by atomic mass is 16.5. The molecule has 2 aromatic rings. The first kappa shape index (κ1) is 17.7. The van der Waals surface area contributed by atoms with Crippen LogP contribution in [0.25, 0.3) is 0 Å². The average molecular weight is 345 g/mol. The van der Waals surface area contributed by atoms with Crippen molar-refractivity contribution in [3.05, 3.63) is 34.7 Å². The fourth-order valence-corrected chi connectivity index (χ4v) is 3.34. The number of carbonyl (C=O) groups excluding carboxylic acids is 1. The lowest BCUT2D eigenvalue weighted by Crippen LogP contribution is -2.38. The van der Waals surface area contributed by atoms with Crippen molar-refractivity contribution in [3.8, 4) is 0 Å². The number of hydrogen-bond acceptors (Lipinski definition) is 5. The lowest BCUT2D eigenvalue weighted by Gasteiger charge is -2.31. The summed E-state index contributed by atoms with van der Waals surface area (Å²) in [5.41, 5.74) is 2.81. The van der Waals surface area contributed by atoms with Gasteiger partial charge in [-0.25, -0.2) is 4.98 Å². The van der Waals surface area contributed by atoms with Crippen molar-refractivity contribution in [2.45, 2.75) is 46.6 Å². The van der Waals surface area contributed by atoms with E-state index in [1.165, 1.54) is 0 Å². The van der Waals surface area contributed by atoms with E-state index in [4.69, 9.17) is 4.52 Å². The number of aromatic amines is 1. The Kier molecular flexibility index (Phi) is 5.53. The molecule has 0 aliphatic carbocycles. The van der Waals surface area contributed by atoms with Crippen molar-refractivity contribution in [3.63, 3.8) is 0 Å². The number of carbonyl (C=O) groups is 1. The van der Waals surface area contributed by atoms with E-state index in [0.29, 0.717) is 12.3 Å². The molecule has 7 nitrogen and oxygen atoms in total. The maximum Gasteiger partial charge on any atom is 0.224 e.